The van der Waals surface area contributed by atoms with E-state index in [2.05, 4.69) is 216 Å². The first kappa shape index (κ1) is 35.8. The lowest BCUT2D eigenvalue weighted by Crippen LogP contribution is -2.56. The summed E-state index contributed by atoms with van der Waals surface area (Å²) in [6, 6.07) is 63.3. The Morgan fingerprint density at radius 1 is 0.362 bits per heavy atom. The van der Waals surface area contributed by atoms with Crippen molar-refractivity contribution >= 4 is 83.3 Å². The van der Waals surface area contributed by atoms with Crippen LogP contribution in [0.5, 0.6) is 0 Å². The second-order valence-electron chi connectivity index (χ2n) is 16.4. The second-order valence-corrected chi connectivity index (χ2v) is 16.4. The van der Waals surface area contributed by atoms with Crippen molar-refractivity contribution < 1.29 is 0 Å². The predicted octanol–water partition coefficient (Wildman–Crippen LogP) is 13.2. The van der Waals surface area contributed by atoms with Gasteiger partial charge in [-0.25, -0.2) is 0 Å². The summed E-state index contributed by atoms with van der Waals surface area (Å²) in [5.41, 5.74) is 18.1. The van der Waals surface area contributed by atoms with Gasteiger partial charge < -0.3 is 4.90 Å². The van der Waals surface area contributed by atoms with Gasteiger partial charge in [0.2, 0.25) is 6.71 Å². The van der Waals surface area contributed by atoms with Crippen LogP contribution in [0.3, 0.4) is 0 Å². The van der Waals surface area contributed by atoms with E-state index in [0.29, 0.717) is 0 Å². The molecule has 0 bridgehead atoms. The molecule has 0 aliphatic rings. The fourth-order valence-electron chi connectivity index (χ4n) is 10.4. The molecule has 0 saturated carbocycles. The zero-order valence-corrected chi connectivity index (χ0v) is 34.2. The van der Waals surface area contributed by atoms with Crippen LogP contribution in [0.15, 0.2) is 170 Å². The molecule has 10 rings (SSSR count). The minimum absolute atomic E-state index is 0.0845. The van der Waals surface area contributed by atoms with Gasteiger partial charge in [-0.15, -0.1) is 0 Å². The van der Waals surface area contributed by atoms with Crippen molar-refractivity contribution in [3.05, 3.63) is 203 Å². The van der Waals surface area contributed by atoms with Crippen molar-refractivity contribution in [1.29, 1.82) is 0 Å². The van der Waals surface area contributed by atoms with Gasteiger partial charge in [-0.3, -0.25) is 0 Å². The number of benzene rings is 10. The Bertz CT molecular complexity index is 3020. The lowest BCUT2D eigenvalue weighted by Gasteiger charge is -2.27. The highest BCUT2D eigenvalue weighted by Gasteiger charge is 2.31. The van der Waals surface area contributed by atoms with Crippen LogP contribution >= 0.6 is 0 Å². The maximum Gasteiger partial charge on any atom is 0.243 e. The molecule has 10 aromatic carbocycles. The summed E-state index contributed by atoms with van der Waals surface area (Å²) in [5.74, 6) is 0. The average Bonchev–Trinajstić information content (AvgIpc) is 3.23. The summed E-state index contributed by atoms with van der Waals surface area (Å²) in [6.07, 6.45) is 0. The highest BCUT2D eigenvalue weighted by Crippen LogP contribution is 2.45. The van der Waals surface area contributed by atoms with E-state index in [-0.39, 0.29) is 6.71 Å². The van der Waals surface area contributed by atoms with Gasteiger partial charge in [-0.2, -0.15) is 0 Å². The van der Waals surface area contributed by atoms with Crippen LogP contribution in [0.1, 0.15) is 33.4 Å². The first-order valence-corrected chi connectivity index (χ1v) is 20.5. The molecule has 0 aliphatic carbocycles. The largest absolute Gasteiger partial charge is 0.311 e. The van der Waals surface area contributed by atoms with Crippen molar-refractivity contribution in [3.63, 3.8) is 0 Å². The second kappa shape index (κ2) is 14.1. The Hall–Kier alpha value is -6.64. The maximum absolute atomic E-state index is 2.45. The van der Waals surface area contributed by atoms with Crippen LogP contribution in [0.25, 0.3) is 54.2 Å². The van der Waals surface area contributed by atoms with E-state index in [1.54, 1.807) is 0 Å². The Morgan fingerprint density at radius 2 is 0.828 bits per heavy atom. The fourth-order valence-corrected chi connectivity index (χ4v) is 10.4. The molecule has 0 unspecified atom stereocenters. The highest BCUT2D eigenvalue weighted by atomic mass is 15.1. The number of nitrogens with zero attached hydrogens (tertiary/aromatic N) is 1. The average molecular weight is 744 g/mol. The summed E-state index contributed by atoms with van der Waals surface area (Å²) < 4.78 is 0. The molecular formula is C56H46BN. The zero-order chi connectivity index (χ0) is 39.7. The number of para-hydroxylation sites is 2. The molecule has 58 heavy (non-hydrogen) atoms. The number of hydrogen-bond donors (Lipinski definition) is 0. The molecule has 2 heteroatoms. The summed E-state index contributed by atoms with van der Waals surface area (Å²) in [6.45, 7) is 13.7. The number of rotatable bonds is 7. The lowest BCUT2D eigenvalue weighted by atomic mass is 9.33. The standard InChI is InChI=1S/C56H46BN/c1-35-31-37(3)55(38(4)32-35)57(56-39(5)33-36(2)34-40(56)6)51-30-29-49-47-19-13-14-20-48(47)53-46(27-23-42-24-28-50(51)54(49)52(42)53)41-21-25-45(26-22-41)58(43-15-9-7-10-16-43)44-17-11-8-12-18-44/h7-34H,1-6H3. The fraction of sp³-hybridized carbons (Fsp3) is 0.107. The van der Waals surface area contributed by atoms with Crippen LogP contribution in [0, 0.1) is 41.5 Å². The van der Waals surface area contributed by atoms with E-state index in [9.17, 15) is 0 Å². The lowest BCUT2D eigenvalue weighted by molar-refractivity contribution is 1.28. The topological polar surface area (TPSA) is 3.24 Å². The first-order chi connectivity index (χ1) is 28.3. The van der Waals surface area contributed by atoms with Crippen LogP contribution < -0.4 is 21.3 Å². The van der Waals surface area contributed by atoms with Gasteiger partial charge >= 0.3 is 0 Å². The number of anilines is 3. The molecule has 0 aliphatic heterocycles. The summed E-state index contributed by atoms with van der Waals surface area (Å²) in [5, 5.41) is 10.5. The van der Waals surface area contributed by atoms with Gasteiger partial charge in [-0.05, 0) is 132 Å². The van der Waals surface area contributed by atoms with Gasteiger partial charge in [0.15, 0.2) is 0 Å². The van der Waals surface area contributed by atoms with Crippen molar-refractivity contribution in [2.45, 2.75) is 41.5 Å². The molecule has 0 radical (unpaired) electrons. The molecule has 0 aromatic heterocycles. The first-order valence-electron chi connectivity index (χ1n) is 20.5. The van der Waals surface area contributed by atoms with E-state index in [1.165, 1.54) is 104 Å². The molecule has 0 atom stereocenters. The molecule has 1 nitrogen and oxygen atoms in total. The minimum Gasteiger partial charge on any atom is -0.311 e. The van der Waals surface area contributed by atoms with E-state index < -0.39 is 0 Å². The van der Waals surface area contributed by atoms with Crippen LogP contribution in [-0.2, 0) is 0 Å². The molecule has 278 valence electrons. The van der Waals surface area contributed by atoms with Crippen molar-refractivity contribution in [2.75, 3.05) is 4.90 Å². The molecular weight excluding hydrogens is 697 g/mol. The van der Waals surface area contributed by atoms with E-state index in [4.69, 9.17) is 0 Å². The Morgan fingerprint density at radius 3 is 1.40 bits per heavy atom. The third-order valence-corrected chi connectivity index (χ3v) is 12.5. The van der Waals surface area contributed by atoms with Crippen LogP contribution in [-0.4, -0.2) is 6.71 Å². The molecule has 10 aromatic rings. The SMILES string of the molecule is Cc1cc(C)c(B(c2c(C)cc(C)cc2C)c2ccc3c4ccccc4c4c(-c5ccc(N(c6ccccc6)c6ccccc6)cc5)ccc5ccc2c3c54)c(C)c1. The zero-order valence-electron chi connectivity index (χ0n) is 34.2. The molecule has 0 N–H and O–H groups in total. The third-order valence-electron chi connectivity index (χ3n) is 12.5. The highest BCUT2D eigenvalue weighted by molar-refractivity contribution is 6.98. The molecule has 0 spiro atoms. The minimum atomic E-state index is 0.0845. The molecule has 0 fully saturated rings. The maximum atomic E-state index is 2.45. The van der Waals surface area contributed by atoms with Gasteiger partial charge in [0, 0.05) is 17.1 Å². The number of fused-ring (bicyclic) bond motifs is 3. The quantitative estimate of drug-likeness (QED) is 0.0893. The third kappa shape index (κ3) is 5.78. The van der Waals surface area contributed by atoms with Gasteiger partial charge in [0.25, 0.3) is 0 Å². The van der Waals surface area contributed by atoms with Crippen LogP contribution in [0.2, 0.25) is 0 Å². The Labute approximate surface area is 342 Å². The van der Waals surface area contributed by atoms with E-state index in [1.807, 2.05) is 0 Å². The molecule has 0 amide bonds. The Balaban J connectivity index is 1.23. The van der Waals surface area contributed by atoms with Crippen LogP contribution in [0.4, 0.5) is 17.1 Å². The van der Waals surface area contributed by atoms with Gasteiger partial charge in [0.05, 0.1) is 0 Å². The van der Waals surface area contributed by atoms with Gasteiger partial charge in [0.1, 0.15) is 0 Å². The molecule has 0 heterocycles. The van der Waals surface area contributed by atoms with Gasteiger partial charge in [-0.1, -0.05) is 183 Å². The van der Waals surface area contributed by atoms with Crippen molar-refractivity contribution in [1.82, 2.24) is 0 Å². The van der Waals surface area contributed by atoms with E-state index >= 15 is 0 Å². The monoisotopic (exact) mass is 743 g/mol. The summed E-state index contributed by atoms with van der Waals surface area (Å²) in [4.78, 5) is 2.33. The summed E-state index contributed by atoms with van der Waals surface area (Å²) in [7, 11) is 0. The Kier molecular flexibility index (Phi) is 8.68. The smallest absolute Gasteiger partial charge is 0.243 e. The normalized spacial score (nSPS) is 11.6. The molecule has 0 saturated heterocycles. The number of aryl methyl sites for hydroxylation is 6. The van der Waals surface area contributed by atoms with E-state index in [0.717, 1.165) is 17.1 Å². The predicted molar refractivity (Wildman–Crippen MR) is 254 cm³/mol. The summed E-state index contributed by atoms with van der Waals surface area (Å²) >= 11 is 0. The van der Waals surface area contributed by atoms with Crippen molar-refractivity contribution in [2.24, 2.45) is 0 Å². The van der Waals surface area contributed by atoms with Crippen molar-refractivity contribution in [3.8, 4) is 11.1 Å². The number of hydrogen-bond acceptors (Lipinski definition) is 1.